The Morgan fingerprint density at radius 3 is 2.69 bits per heavy atom. The highest BCUT2D eigenvalue weighted by molar-refractivity contribution is 5.42. The van der Waals surface area contributed by atoms with Crippen LogP contribution in [0, 0.1) is 6.92 Å². The Hall–Kier alpha value is -2.90. The highest BCUT2D eigenvalue weighted by Gasteiger charge is 2.20. The van der Waals surface area contributed by atoms with E-state index in [0.717, 1.165) is 36.5 Å². The minimum Gasteiger partial charge on any atom is -0.497 e. The minimum absolute atomic E-state index is 0.135. The van der Waals surface area contributed by atoms with Gasteiger partial charge in [-0.1, -0.05) is 25.1 Å². The fraction of sp³-hybridized carbons (Fsp3) is 0.364. The molecular weight excluding hydrogens is 366 g/mol. The van der Waals surface area contributed by atoms with Crippen molar-refractivity contribution in [2.24, 2.45) is 0 Å². The molecule has 0 aliphatic carbocycles. The Bertz CT molecular complexity index is 1060. The Balaban J connectivity index is 1.67. The summed E-state index contributed by atoms with van der Waals surface area (Å²) in [6.45, 7) is 6.30. The van der Waals surface area contributed by atoms with Gasteiger partial charge in [0.1, 0.15) is 11.6 Å². The van der Waals surface area contributed by atoms with Crippen molar-refractivity contribution in [1.29, 1.82) is 0 Å². The monoisotopic (exact) mass is 393 g/mol. The number of aryl methyl sites for hydroxylation is 2. The van der Waals surface area contributed by atoms with E-state index in [2.05, 4.69) is 35.0 Å². The number of ether oxygens (including phenoxy) is 1. The molecule has 2 aromatic carbocycles. The molecule has 152 valence electrons. The molecule has 1 fully saturated rings. The van der Waals surface area contributed by atoms with Crippen molar-refractivity contribution in [2.45, 2.75) is 32.7 Å². The number of nitrogens with zero attached hydrogens (tertiary/aromatic N) is 3. The molecule has 0 radical (unpaired) electrons. The lowest BCUT2D eigenvalue weighted by atomic mass is 9.93. The van der Waals surface area contributed by atoms with Crippen LogP contribution in [0.4, 0.5) is 0 Å². The van der Waals surface area contributed by atoms with Gasteiger partial charge in [-0.05, 0) is 54.3 Å². The molecule has 7 heteroatoms. The molecule has 0 unspecified atom stereocenters. The quantitative estimate of drug-likeness (QED) is 0.671. The van der Waals surface area contributed by atoms with Gasteiger partial charge in [0.05, 0.1) is 19.3 Å². The molecule has 2 N–H and O–H groups in total. The summed E-state index contributed by atoms with van der Waals surface area (Å²) in [7, 11) is 1.64. The van der Waals surface area contributed by atoms with Crippen LogP contribution in [0.1, 0.15) is 35.4 Å². The summed E-state index contributed by atoms with van der Waals surface area (Å²) in [6.07, 6.45) is 0.915. The van der Waals surface area contributed by atoms with Crippen molar-refractivity contribution in [2.75, 3.05) is 20.2 Å². The largest absolute Gasteiger partial charge is 0.497 e. The van der Waals surface area contributed by atoms with E-state index < -0.39 is 0 Å². The molecule has 1 saturated heterocycles. The second kappa shape index (κ2) is 8.23. The number of aromatic nitrogens is 3. The molecule has 4 rings (SSSR count). The molecular formula is C22H27N5O2. The van der Waals surface area contributed by atoms with Crippen LogP contribution in [0.15, 0.2) is 47.3 Å². The summed E-state index contributed by atoms with van der Waals surface area (Å²) in [6, 6.07) is 14.0. The average molecular weight is 393 g/mol. The van der Waals surface area contributed by atoms with Crippen LogP contribution in [0.2, 0.25) is 0 Å². The minimum atomic E-state index is -0.135. The number of hydrazine groups is 1. The average Bonchev–Trinajstić information content (AvgIpc) is 3.38. The second-order valence-electron chi connectivity index (χ2n) is 7.37. The van der Waals surface area contributed by atoms with E-state index in [4.69, 9.17) is 4.74 Å². The fourth-order valence-corrected chi connectivity index (χ4v) is 3.91. The summed E-state index contributed by atoms with van der Waals surface area (Å²) in [4.78, 5) is 13.1. The molecule has 2 heterocycles. The first-order valence-electron chi connectivity index (χ1n) is 9.99. The van der Waals surface area contributed by atoms with Crippen molar-refractivity contribution in [3.63, 3.8) is 0 Å². The highest BCUT2D eigenvalue weighted by atomic mass is 16.5. The van der Waals surface area contributed by atoms with Crippen molar-refractivity contribution in [1.82, 2.24) is 25.2 Å². The number of nitrogens with one attached hydrogen (secondary N) is 2. The van der Waals surface area contributed by atoms with Gasteiger partial charge in [-0.15, -0.1) is 0 Å². The number of methoxy groups -OCH3 is 1. The molecule has 1 aromatic heterocycles. The summed E-state index contributed by atoms with van der Waals surface area (Å²) < 4.78 is 8.49. The van der Waals surface area contributed by atoms with Crippen LogP contribution >= 0.6 is 0 Å². The third kappa shape index (κ3) is 3.83. The molecule has 1 aliphatic rings. The van der Waals surface area contributed by atoms with Crippen molar-refractivity contribution < 1.29 is 4.74 Å². The van der Waals surface area contributed by atoms with Crippen LogP contribution in [-0.2, 0) is 13.0 Å². The zero-order valence-corrected chi connectivity index (χ0v) is 17.1. The number of hydrogen-bond acceptors (Lipinski definition) is 5. The summed E-state index contributed by atoms with van der Waals surface area (Å²) >= 11 is 0. The second-order valence-corrected chi connectivity index (χ2v) is 7.37. The Morgan fingerprint density at radius 2 is 1.97 bits per heavy atom. The molecule has 7 nitrogen and oxygen atoms in total. The highest BCUT2D eigenvalue weighted by Crippen LogP contribution is 2.24. The van der Waals surface area contributed by atoms with E-state index in [1.165, 1.54) is 15.8 Å². The van der Waals surface area contributed by atoms with E-state index in [0.29, 0.717) is 18.3 Å². The SMILES string of the molecule is CCc1cc(-n2nc(C)n(Cc3cccc(OC)c3)c2=O)ccc1C1CNNC1. The molecule has 1 aliphatic heterocycles. The Labute approximate surface area is 170 Å². The topological polar surface area (TPSA) is 73.1 Å². The number of rotatable bonds is 6. The van der Waals surface area contributed by atoms with E-state index in [9.17, 15) is 4.79 Å². The van der Waals surface area contributed by atoms with Crippen molar-refractivity contribution >= 4 is 0 Å². The van der Waals surface area contributed by atoms with Gasteiger partial charge in [0.2, 0.25) is 0 Å². The van der Waals surface area contributed by atoms with E-state index in [1.54, 1.807) is 11.7 Å². The molecule has 0 bridgehead atoms. The predicted molar refractivity (Wildman–Crippen MR) is 113 cm³/mol. The van der Waals surface area contributed by atoms with Gasteiger partial charge in [-0.2, -0.15) is 9.78 Å². The molecule has 0 spiro atoms. The van der Waals surface area contributed by atoms with Crippen LogP contribution < -0.4 is 21.3 Å². The third-order valence-corrected chi connectivity index (χ3v) is 5.54. The van der Waals surface area contributed by atoms with E-state index in [-0.39, 0.29) is 5.69 Å². The fourth-order valence-electron chi connectivity index (χ4n) is 3.91. The van der Waals surface area contributed by atoms with Crippen LogP contribution in [-0.4, -0.2) is 34.5 Å². The lowest BCUT2D eigenvalue weighted by molar-refractivity contribution is 0.414. The first kappa shape index (κ1) is 19.4. The van der Waals surface area contributed by atoms with Gasteiger partial charge in [0.25, 0.3) is 0 Å². The lowest BCUT2D eigenvalue weighted by Gasteiger charge is -2.14. The van der Waals surface area contributed by atoms with Gasteiger partial charge >= 0.3 is 5.69 Å². The van der Waals surface area contributed by atoms with E-state index >= 15 is 0 Å². The summed E-state index contributed by atoms with van der Waals surface area (Å²) in [5.41, 5.74) is 10.6. The maximum atomic E-state index is 13.1. The van der Waals surface area contributed by atoms with Gasteiger partial charge in [0.15, 0.2) is 0 Å². The van der Waals surface area contributed by atoms with Crippen molar-refractivity contribution in [3.8, 4) is 11.4 Å². The van der Waals surface area contributed by atoms with Crippen LogP contribution in [0.3, 0.4) is 0 Å². The zero-order valence-electron chi connectivity index (χ0n) is 17.1. The van der Waals surface area contributed by atoms with Crippen LogP contribution in [0.5, 0.6) is 5.75 Å². The van der Waals surface area contributed by atoms with Gasteiger partial charge in [-0.3, -0.25) is 15.4 Å². The zero-order chi connectivity index (χ0) is 20.4. The standard InChI is InChI=1S/C22H27N5O2/c1-4-17-11-19(8-9-21(17)18-12-23-24-13-18)27-22(28)26(15(2)25-27)14-16-6-5-7-20(10-16)29-3/h5-11,18,23-24H,4,12-14H2,1-3H3. The van der Waals surface area contributed by atoms with E-state index in [1.807, 2.05) is 37.3 Å². The first-order chi connectivity index (χ1) is 14.1. The van der Waals surface area contributed by atoms with Gasteiger partial charge in [0, 0.05) is 19.0 Å². The molecule has 0 amide bonds. The molecule has 3 aromatic rings. The molecule has 0 atom stereocenters. The third-order valence-electron chi connectivity index (χ3n) is 5.54. The molecule has 0 saturated carbocycles. The smallest absolute Gasteiger partial charge is 0.351 e. The predicted octanol–water partition coefficient (Wildman–Crippen LogP) is 2.15. The molecule has 29 heavy (non-hydrogen) atoms. The first-order valence-corrected chi connectivity index (χ1v) is 9.99. The normalized spacial score (nSPS) is 14.4. The maximum Gasteiger partial charge on any atom is 0.351 e. The van der Waals surface area contributed by atoms with Gasteiger partial charge < -0.3 is 4.74 Å². The van der Waals surface area contributed by atoms with Gasteiger partial charge in [-0.25, -0.2) is 4.79 Å². The number of benzene rings is 2. The maximum absolute atomic E-state index is 13.1. The Morgan fingerprint density at radius 1 is 1.17 bits per heavy atom. The number of hydrogen-bond donors (Lipinski definition) is 2. The summed E-state index contributed by atoms with van der Waals surface area (Å²) in [5, 5.41) is 4.53. The van der Waals surface area contributed by atoms with Crippen molar-refractivity contribution in [3.05, 3.63) is 75.5 Å². The lowest BCUT2D eigenvalue weighted by Crippen LogP contribution is -2.25. The van der Waals surface area contributed by atoms with Crippen LogP contribution in [0.25, 0.3) is 5.69 Å². The Kier molecular flexibility index (Phi) is 5.51. The summed E-state index contributed by atoms with van der Waals surface area (Å²) in [5.74, 6) is 1.91.